The summed E-state index contributed by atoms with van der Waals surface area (Å²) in [6.07, 6.45) is 3.50. The molecule has 76 valence electrons. The Labute approximate surface area is 86.1 Å². The SMILES string of the molecule is C=CC(CCC)[C@@H](O)c1ccccc1. The summed E-state index contributed by atoms with van der Waals surface area (Å²) >= 11 is 0. The molecule has 0 aliphatic carbocycles. The number of rotatable bonds is 5. The highest BCUT2D eigenvalue weighted by atomic mass is 16.3. The van der Waals surface area contributed by atoms with E-state index in [0.717, 1.165) is 18.4 Å². The van der Waals surface area contributed by atoms with Crippen LogP contribution in [0.3, 0.4) is 0 Å². The zero-order valence-electron chi connectivity index (χ0n) is 8.69. The molecular formula is C13H18O. The number of hydrogen-bond donors (Lipinski definition) is 1. The molecule has 2 atom stereocenters. The van der Waals surface area contributed by atoms with E-state index in [4.69, 9.17) is 0 Å². The predicted molar refractivity (Wildman–Crippen MR) is 60.0 cm³/mol. The molecule has 1 heteroatoms. The van der Waals surface area contributed by atoms with Gasteiger partial charge in [0.15, 0.2) is 0 Å². The average Bonchev–Trinajstić information content (AvgIpc) is 2.26. The fourth-order valence-corrected chi connectivity index (χ4v) is 1.64. The molecule has 1 aromatic carbocycles. The number of hydrogen-bond acceptors (Lipinski definition) is 1. The Bertz CT molecular complexity index is 266. The van der Waals surface area contributed by atoms with Crippen LogP contribution in [-0.2, 0) is 0 Å². The van der Waals surface area contributed by atoms with Crippen molar-refractivity contribution in [3.63, 3.8) is 0 Å². The molecule has 0 saturated heterocycles. The van der Waals surface area contributed by atoms with Crippen molar-refractivity contribution in [1.29, 1.82) is 0 Å². The second-order valence-electron chi connectivity index (χ2n) is 3.54. The molecule has 0 amide bonds. The summed E-state index contributed by atoms with van der Waals surface area (Å²) in [4.78, 5) is 0. The third-order valence-corrected chi connectivity index (χ3v) is 2.47. The minimum atomic E-state index is -0.409. The Hall–Kier alpha value is -1.08. The molecule has 0 saturated carbocycles. The molecule has 0 fully saturated rings. The second kappa shape index (κ2) is 5.61. The molecule has 1 rings (SSSR count). The Morgan fingerprint density at radius 3 is 2.50 bits per heavy atom. The van der Waals surface area contributed by atoms with E-state index in [-0.39, 0.29) is 5.92 Å². The summed E-state index contributed by atoms with van der Waals surface area (Å²) in [6, 6.07) is 9.77. The highest BCUT2D eigenvalue weighted by Crippen LogP contribution is 2.26. The van der Waals surface area contributed by atoms with E-state index in [1.807, 2.05) is 36.4 Å². The molecular weight excluding hydrogens is 172 g/mol. The van der Waals surface area contributed by atoms with Crippen LogP contribution in [0.5, 0.6) is 0 Å². The highest BCUT2D eigenvalue weighted by molar-refractivity contribution is 5.18. The van der Waals surface area contributed by atoms with E-state index < -0.39 is 6.10 Å². The van der Waals surface area contributed by atoms with Gasteiger partial charge in [0.05, 0.1) is 6.10 Å². The average molecular weight is 190 g/mol. The van der Waals surface area contributed by atoms with E-state index in [9.17, 15) is 5.11 Å². The van der Waals surface area contributed by atoms with E-state index >= 15 is 0 Å². The lowest BCUT2D eigenvalue weighted by Gasteiger charge is -2.19. The van der Waals surface area contributed by atoms with Crippen LogP contribution in [0, 0.1) is 5.92 Å². The predicted octanol–water partition coefficient (Wildman–Crippen LogP) is 3.32. The van der Waals surface area contributed by atoms with Crippen LogP contribution in [0.25, 0.3) is 0 Å². The van der Waals surface area contributed by atoms with Gasteiger partial charge in [-0.1, -0.05) is 49.8 Å². The first-order chi connectivity index (χ1) is 6.79. The third-order valence-electron chi connectivity index (χ3n) is 2.47. The van der Waals surface area contributed by atoms with Gasteiger partial charge >= 0.3 is 0 Å². The highest BCUT2D eigenvalue weighted by Gasteiger charge is 2.16. The van der Waals surface area contributed by atoms with Crippen LogP contribution >= 0.6 is 0 Å². The van der Waals surface area contributed by atoms with Gasteiger partial charge in [0.1, 0.15) is 0 Å². The minimum absolute atomic E-state index is 0.169. The first-order valence-electron chi connectivity index (χ1n) is 5.15. The summed E-state index contributed by atoms with van der Waals surface area (Å²) in [5.41, 5.74) is 0.978. The molecule has 1 unspecified atom stereocenters. The molecule has 1 nitrogen and oxygen atoms in total. The number of benzene rings is 1. The van der Waals surface area contributed by atoms with E-state index in [1.165, 1.54) is 0 Å². The first-order valence-corrected chi connectivity index (χ1v) is 5.15. The van der Waals surface area contributed by atoms with Gasteiger partial charge in [-0.25, -0.2) is 0 Å². The Morgan fingerprint density at radius 1 is 1.36 bits per heavy atom. The van der Waals surface area contributed by atoms with Crippen molar-refractivity contribution in [2.75, 3.05) is 0 Å². The van der Waals surface area contributed by atoms with Crippen molar-refractivity contribution >= 4 is 0 Å². The molecule has 14 heavy (non-hydrogen) atoms. The van der Waals surface area contributed by atoms with Gasteiger partial charge in [-0.2, -0.15) is 0 Å². The molecule has 0 heterocycles. The van der Waals surface area contributed by atoms with Crippen molar-refractivity contribution in [3.05, 3.63) is 48.6 Å². The maximum absolute atomic E-state index is 10.0. The fraction of sp³-hybridized carbons (Fsp3) is 0.385. The molecule has 0 spiro atoms. The Kier molecular flexibility index (Phi) is 4.41. The van der Waals surface area contributed by atoms with E-state index in [0.29, 0.717) is 0 Å². The lowest BCUT2D eigenvalue weighted by atomic mass is 9.92. The Morgan fingerprint density at radius 2 is 2.00 bits per heavy atom. The van der Waals surface area contributed by atoms with E-state index in [2.05, 4.69) is 13.5 Å². The zero-order chi connectivity index (χ0) is 10.4. The maximum atomic E-state index is 10.0. The summed E-state index contributed by atoms with van der Waals surface area (Å²) in [6.45, 7) is 5.89. The molecule has 0 aliphatic heterocycles. The normalized spacial score (nSPS) is 14.7. The molecule has 1 N–H and O–H groups in total. The van der Waals surface area contributed by atoms with Gasteiger partial charge in [0, 0.05) is 5.92 Å². The van der Waals surface area contributed by atoms with Crippen LogP contribution in [0.1, 0.15) is 31.4 Å². The summed E-state index contributed by atoms with van der Waals surface area (Å²) in [5.74, 6) is 0.169. The van der Waals surface area contributed by atoms with Crippen LogP contribution in [0.2, 0.25) is 0 Å². The minimum Gasteiger partial charge on any atom is -0.388 e. The zero-order valence-corrected chi connectivity index (χ0v) is 8.69. The summed E-state index contributed by atoms with van der Waals surface area (Å²) < 4.78 is 0. The lowest BCUT2D eigenvalue weighted by molar-refractivity contribution is 0.126. The van der Waals surface area contributed by atoms with Crippen LogP contribution < -0.4 is 0 Å². The van der Waals surface area contributed by atoms with Gasteiger partial charge in [-0.3, -0.25) is 0 Å². The standard InChI is InChI=1S/C13H18O/c1-3-8-11(4-2)13(14)12-9-6-5-7-10-12/h4-7,9-11,13-14H,2-3,8H2,1H3/t11?,13-/m1/s1. The quantitative estimate of drug-likeness (QED) is 0.706. The molecule has 0 bridgehead atoms. The van der Waals surface area contributed by atoms with Crippen molar-refractivity contribution < 1.29 is 5.11 Å². The van der Waals surface area contributed by atoms with Gasteiger partial charge in [-0.05, 0) is 12.0 Å². The van der Waals surface area contributed by atoms with Crippen LogP contribution in [-0.4, -0.2) is 5.11 Å². The fourth-order valence-electron chi connectivity index (χ4n) is 1.64. The molecule has 0 aromatic heterocycles. The summed E-state index contributed by atoms with van der Waals surface area (Å²) in [5, 5.41) is 10.0. The topological polar surface area (TPSA) is 20.2 Å². The third kappa shape index (κ3) is 2.71. The van der Waals surface area contributed by atoms with Crippen molar-refractivity contribution in [3.8, 4) is 0 Å². The number of aliphatic hydroxyl groups is 1. The molecule has 1 aromatic rings. The molecule has 0 radical (unpaired) electrons. The number of aliphatic hydroxyl groups excluding tert-OH is 1. The van der Waals surface area contributed by atoms with Crippen molar-refractivity contribution in [2.45, 2.75) is 25.9 Å². The van der Waals surface area contributed by atoms with Crippen molar-refractivity contribution in [2.24, 2.45) is 5.92 Å². The van der Waals surface area contributed by atoms with Gasteiger partial charge in [-0.15, -0.1) is 6.58 Å². The maximum Gasteiger partial charge on any atom is 0.0852 e. The van der Waals surface area contributed by atoms with Gasteiger partial charge < -0.3 is 5.11 Å². The largest absolute Gasteiger partial charge is 0.388 e. The second-order valence-corrected chi connectivity index (χ2v) is 3.54. The van der Waals surface area contributed by atoms with Crippen LogP contribution in [0.15, 0.2) is 43.0 Å². The Balaban J connectivity index is 2.72. The van der Waals surface area contributed by atoms with E-state index in [1.54, 1.807) is 0 Å². The van der Waals surface area contributed by atoms with Gasteiger partial charge in [0.2, 0.25) is 0 Å². The van der Waals surface area contributed by atoms with Crippen molar-refractivity contribution in [1.82, 2.24) is 0 Å². The summed E-state index contributed by atoms with van der Waals surface area (Å²) in [7, 11) is 0. The monoisotopic (exact) mass is 190 g/mol. The first kappa shape index (κ1) is 11.0. The van der Waals surface area contributed by atoms with Crippen LogP contribution in [0.4, 0.5) is 0 Å². The molecule has 0 aliphatic rings. The van der Waals surface area contributed by atoms with Gasteiger partial charge in [0.25, 0.3) is 0 Å². The lowest BCUT2D eigenvalue weighted by Crippen LogP contribution is -2.09. The smallest absolute Gasteiger partial charge is 0.0852 e.